The van der Waals surface area contributed by atoms with Crippen molar-refractivity contribution in [3.05, 3.63) is 6.20 Å². The number of ether oxygens (including phenoxy) is 1. The second-order valence-corrected chi connectivity index (χ2v) is 4.00. The maximum atomic E-state index is 5.61. The molecular formula is C10H16N6O. The Hall–Kier alpha value is -1.89. The molecule has 0 radical (unpaired) electrons. The summed E-state index contributed by atoms with van der Waals surface area (Å²) in [6.07, 6.45) is 1.68. The van der Waals surface area contributed by atoms with Gasteiger partial charge in [-0.3, -0.25) is 5.10 Å². The zero-order valence-corrected chi connectivity index (χ0v) is 9.90. The molecule has 2 aromatic heterocycles. The molecule has 17 heavy (non-hydrogen) atoms. The number of H-pyrrole nitrogens is 1. The standard InChI is InChI=1S/C10H16N6O/c1-6(5-17-2)3-12-8-7-4-13-16-9(7)15-10(11)14-8/h4,6H,3,5H2,1-2H3,(H4,11,12,13,14,15,16). The van der Waals surface area contributed by atoms with Crippen LogP contribution in [-0.4, -0.2) is 40.4 Å². The van der Waals surface area contributed by atoms with Gasteiger partial charge in [0.15, 0.2) is 5.65 Å². The molecule has 2 aromatic rings. The van der Waals surface area contributed by atoms with Gasteiger partial charge in [0.2, 0.25) is 5.95 Å². The van der Waals surface area contributed by atoms with Crippen molar-refractivity contribution in [1.82, 2.24) is 20.2 Å². The van der Waals surface area contributed by atoms with Gasteiger partial charge < -0.3 is 15.8 Å². The molecule has 0 aliphatic carbocycles. The summed E-state index contributed by atoms with van der Waals surface area (Å²) in [5.41, 5.74) is 6.25. The van der Waals surface area contributed by atoms with Crippen molar-refractivity contribution < 1.29 is 4.74 Å². The Morgan fingerprint density at radius 3 is 3.12 bits per heavy atom. The largest absolute Gasteiger partial charge is 0.384 e. The summed E-state index contributed by atoms with van der Waals surface area (Å²) >= 11 is 0. The highest BCUT2D eigenvalue weighted by Gasteiger charge is 2.09. The Balaban J connectivity index is 2.14. The molecule has 0 aromatic carbocycles. The van der Waals surface area contributed by atoms with Gasteiger partial charge in [-0.25, -0.2) is 0 Å². The third-order valence-electron chi connectivity index (χ3n) is 2.40. The number of nitrogen functional groups attached to an aromatic ring is 1. The number of nitrogens with zero attached hydrogens (tertiary/aromatic N) is 3. The highest BCUT2D eigenvalue weighted by molar-refractivity contribution is 5.86. The number of anilines is 2. The Morgan fingerprint density at radius 1 is 1.53 bits per heavy atom. The molecule has 0 saturated heterocycles. The molecule has 1 unspecified atom stereocenters. The zero-order chi connectivity index (χ0) is 12.3. The quantitative estimate of drug-likeness (QED) is 0.703. The molecule has 0 bridgehead atoms. The van der Waals surface area contributed by atoms with Crippen LogP contribution in [0, 0.1) is 5.92 Å². The molecule has 7 heteroatoms. The first-order valence-electron chi connectivity index (χ1n) is 5.40. The number of nitrogens with two attached hydrogens (primary N) is 1. The molecule has 0 aliphatic heterocycles. The average Bonchev–Trinajstić information content (AvgIpc) is 2.74. The van der Waals surface area contributed by atoms with Gasteiger partial charge in [0.05, 0.1) is 18.2 Å². The highest BCUT2D eigenvalue weighted by atomic mass is 16.5. The van der Waals surface area contributed by atoms with Crippen molar-refractivity contribution in [3.8, 4) is 0 Å². The molecule has 0 amide bonds. The number of fused-ring (bicyclic) bond motifs is 1. The molecule has 0 aliphatic rings. The molecule has 2 heterocycles. The fourth-order valence-electron chi connectivity index (χ4n) is 1.60. The number of hydrogen-bond donors (Lipinski definition) is 3. The third-order valence-corrected chi connectivity index (χ3v) is 2.40. The predicted octanol–water partition coefficient (Wildman–Crippen LogP) is 0.629. The van der Waals surface area contributed by atoms with Gasteiger partial charge in [0.25, 0.3) is 0 Å². The van der Waals surface area contributed by atoms with E-state index in [0.717, 1.165) is 11.9 Å². The fourth-order valence-corrected chi connectivity index (χ4v) is 1.60. The Morgan fingerprint density at radius 2 is 2.35 bits per heavy atom. The molecule has 92 valence electrons. The first kappa shape index (κ1) is 11.6. The number of hydrogen-bond acceptors (Lipinski definition) is 6. The van der Waals surface area contributed by atoms with Gasteiger partial charge in [-0.1, -0.05) is 6.92 Å². The lowest BCUT2D eigenvalue weighted by atomic mass is 10.2. The minimum atomic E-state index is 0.226. The number of nitrogens with one attached hydrogen (secondary N) is 2. The van der Waals surface area contributed by atoms with E-state index < -0.39 is 0 Å². The highest BCUT2D eigenvalue weighted by Crippen LogP contribution is 2.18. The van der Waals surface area contributed by atoms with E-state index in [4.69, 9.17) is 10.5 Å². The minimum Gasteiger partial charge on any atom is -0.384 e. The van der Waals surface area contributed by atoms with Crippen molar-refractivity contribution >= 4 is 22.8 Å². The minimum absolute atomic E-state index is 0.226. The Bertz CT molecular complexity index is 497. The fraction of sp³-hybridized carbons (Fsp3) is 0.500. The van der Waals surface area contributed by atoms with E-state index in [-0.39, 0.29) is 5.95 Å². The van der Waals surface area contributed by atoms with Crippen molar-refractivity contribution in [2.45, 2.75) is 6.92 Å². The summed E-state index contributed by atoms with van der Waals surface area (Å²) in [4.78, 5) is 8.20. The van der Waals surface area contributed by atoms with E-state index >= 15 is 0 Å². The van der Waals surface area contributed by atoms with Crippen LogP contribution in [0.1, 0.15) is 6.92 Å². The number of aromatic amines is 1. The van der Waals surface area contributed by atoms with Crippen molar-refractivity contribution in [2.75, 3.05) is 31.3 Å². The molecular weight excluding hydrogens is 220 g/mol. The summed E-state index contributed by atoms with van der Waals surface area (Å²) in [6.45, 7) is 3.54. The van der Waals surface area contributed by atoms with Gasteiger partial charge in [0, 0.05) is 13.7 Å². The van der Waals surface area contributed by atoms with E-state index in [1.165, 1.54) is 0 Å². The van der Waals surface area contributed by atoms with Crippen LogP contribution in [-0.2, 0) is 4.74 Å². The summed E-state index contributed by atoms with van der Waals surface area (Å²) in [5, 5.41) is 10.8. The second-order valence-electron chi connectivity index (χ2n) is 4.00. The smallest absolute Gasteiger partial charge is 0.224 e. The van der Waals surface area contributed by atoms with Gasteiger partial charge >= 0.3 is 0 Å². The lowest BCUT2D eigenvalue weighted by Gasteiger charge is -2.12. The van der Waals surface area contributed by atoms with E-state index in [1.807, 2.05) is 0 Å². The van der Waals surface area contributed by atoms with Crippen molar-refractivity contribution in [1.29, 1.82) is 0 Å². The van der Waals surface area contributed by atoms with E-state index in [2.05, 4.69) is 32.4 Å². The maximum absolute atomic E-state index is 5.61. The molecule has 0 spiro atoms. The van der Waals surface area contributed by atoms with Crippen LogP contribution in [0.5, 0.6) is 0 Å². The van der Waals surface area contributed by atoms with Gasteiger partial charge in [-0.2, -0.15) is 15.1 Å². The summed E-state index contributed by atoms with van der Waals surface area (Å²) < 4.78 is 5.07. The molecule has 0 fully saturated rings. The molecule has 4 N–H and O–H groups in total. The predicted molar refractivity (Wildman–Crippen MR) is 65.6 cm³/mol. The van der Waals surface area contributed by atoms with Crippen LogP contribution < -0.4 is 11.1 Å². The second kappa shape index (κ2) is 4.96. The third kappa shape index (κ3) is 2.62. The van der Waals surface area contributed by atoms with Gasteiger partial charge in [-0.05, 0) is 5.92 Å². The topological polar surface area (TPSA) is 102 Å². The average molecular weight is 236 g/mol. The Labute approximate surface area is 98.8 Å². The van der Waals surface area contributed by atoms with E-state index in [0.29, 0.717) is 24.0 Å². The number of methoxy groups -OCH3 is 1. The first-order valence-corrected chi connectivity index (χ1v) is 5.40. The number of aromatic nitrogens is 4. The van der Waals surface area contributed by atoms with Crippen LogP contribution in [0.4, 0.5) is 11.8 Å². The SMILES string of the molecule is COCC(C)CNc1nc(N)nc2[nH]ncc12. The number of rotatable bonds is 5. The van der Waals surface area contributed by atoms with Crippen LogP contribution >= 0.6 is 0 Å². The van der Waals surface area contributed by atoms with E-state index in [9.17, 15) is 0 Å². The van der Waals surface area contributed by atoms with E-state index in [1.54, 1.807) is 13.3 Å². The summed E-state index contributed by atoms with van der Waals surface area (Å²) in [7, 11) is 1.69. The van der Waals surface area contributed by atoms with Crippen LogP contribution in [0.25, 0.3) is 11.0 Å². The first-order chi connectivity index (χ1) is 8.20. The van der Waals surface area contributed by atoms with Gasteiger partial charge in [0.1, 0.15) is 5.82 Å². The normalized spacial score (nSPS) is 12.8. The van der Waals surface area contributed by atoms with Crippen LogP contribution in [0.15, 0.2) is 6.20 Å². The maximum Gasteiger partial charge on any atom is 0.224 e. The zero-order valence-electron chi connectivity index (χ0n) is 9.90. The molecule has 7 nitrogen and oxygen atoms in total. The van der Waals surface area contributed by atoms with Gasteiger partial charge in [-0.15, -0.1) is 0 Å². The van der Waals surface area contributed by atoms with Crippen LogP contribution in [0.2, 0.25) is 0 Å². The van der Waals surface area contributed by atoms with Crippen molar-refractivity contribution in [2.24, 2.45) is 5.92 Å². The Kier molecular flexibility index (Phi) is 3.38. The molecule has 2 rings (SSSR count). The lowest BCUT2D eigenvalue weighted by molar-refractivity contribution is 0.164. The summed E-state index contributed by atoms with van der Waals surface area (Å²) in [6, 6.07) is 0. The lowest BCUT2D eigenvalue weighted by Crippen LogP contribution is -2.17. The monoisotopic (exact) mass is 236 g/mol. The molecule has 0 saturated carbocycles. The summed E-state index contributed by atoms with van der Waals surface area (Å²) in [5.74, 6) is 1.31. The van der Waals surface area contributed by atoms with Crippen molar-refractivity contribution in [3.63, 3.8) is 0 Å². The molecule has 1 atom stereocenters. The van der Waals surface area contributed by atoms with Crippen LogP contribution in [0.3, 0.4) is 0 Å².